The monoisotopic (exact) mass is 335 g/mol. The number of hydrogen-bond acceptors (Lipinski definition) is 4. The predicted octanol–water partition coefficient (Wildman–Crippen LogP) is 2.31. The number of Topliss-reactive ketones (excluding diaryl/α,β-unsaturated/α-hetero) is 1. The highest BCUT2D eigenvalue weighted by molar-refractivity contribution is 8.00. The molecule has 0 aromatic heterocycles. The molecule has 1 aromatic rings. The summed E-state index contributed by atoms with van der Waals surface area (Å²) >= 11 is 1.29. The van der Waals surface area contributed by atoms with Gasteiger partial charge in [-0.15, -0.1) is 11.8 Å². The lowest BCUT2D eigenvalue weighted by atomic mass is 10.1. The first kappa shape index (κ1) is 17.5. The summed E-state index contributed by atoms with van der Waals surface area (Å²) in [6, 6.07) is 9.17. The molecule has 1 amide bonds. The van der Waals surface area contributed by atoms with Crippen LogP contribution in [0.4, 0.5) is 0 Å². The van der Waals surface area contributed by atoms with E-state index in [1.165, 1.54) is 11.8 Å². The van der Waals surface area contributed by atoms with E-state index in [1.54, 1.807) is 24.0 Å². The molecule has 1 aliphatic carbocycles. The Morgan fingerprint density at radius 3 is 2.43 bits per heavy atom. The molecule has 5 nitrogen and oxygen atoms in total. The maximum absolute atomic E-state index is 12.3. The second kappa shape index (κ2) is 8.15. The first-order valence-corrected chi connectivity index (χ1v) is 8.82. The summed E-state index contributed by atoms with van der Waals surface area (Å²) < 4.78 is 0. The van der Waals surface area contributed by atoms with Crippen molar-refractivity contribution in [3.8, 4) is 0 Å². The second-order valence-electron chi connectivity index (χ2n) is 5.80. The van der Waals surface area contributed by atoms with E-state index in [-0.39, 0.29) is 35.8 Å². The number of carboxylic acid groups (broad SMARTS) is 1. The van der Waals surface area contributed by atoms with E-state index in [2.05, 4.69) is 0 Å². The Labute approximate surface area is 140 Å². The van der Waals surface area contributed by atoms with Gasteiger partial charge in [0.25, 0.3) is 0 Å². The molecule has 1 saturated carbocycles. The summed E-state index contributed by atoms with van der Waals surface area (Å²) in [5.74, 6) is -1.08. The summed E-state index contributed by atoms with van der Waals surface area (Å²) in [6.07, 6.45) is 1.87. The zero-order valence-corrected chi connectivity index (χ0v) is 13.9. The van der Waals surface area contributed by atoms with Crippen LogP contribution in [0, 0.1) is 5.92 Å². The molecule has 23 heavy (non-hydrogen) atoms. The van der Waals surface area contributed by atoms with Crippen molar-refractivity contribution in [1.82, 2.24) is 4.90 Å². The van der Waals surface area contributed by atoms with Gasteiger partial charge in [-0.25, -0.2) is 0 Å². The van der Waals surface area contributed by atoms with Crippen LogP contribution in [-0.2, 0) is 9.59 Å². The maximum atomic E-state index is 12.3. The first-order chi connectivity index (χ1) is 11.0. The predicted molar refractivity (Wildman–Crippen MR) is 89.6 cm³/mol. The highest BCUT2D eigenvalue weighted by Crippen LogP contribution is 2.28. The first-order valence-electron chi connectivity index (χ1n) is 7.67. The molecule has 1 fully saturated rings. The number of carbonyl (C=O) groups excluding carboxylic acids is 2. The molecule has 0 spiro atoms. The number of aliphatic carboxylic acids is 1. The van der Waals surface area contributed by atoms with Crippen molar-refractivity contribution in [2.45, 2.75) is 25.8 Å². The van der Waals surface area contributed by atoms with E-state index < -0.39 is 11.9 Å². The Kier molecular flexibility index (Phi) is 6.21. The van der Waals surface area contributed by atoms with Gasteiger partial charge in [0.1, 0.15) is 0 Å². The molecule has 0 heterocycles. The molecular weight excluding hydrogens is 314 g/mol. The molecular formula is C17H21NO4S. The molecule has 0 aliphatic heterocycles. The van der Waals surface area contributed by atoms with Crippen molar-refractivity contribution in [2.24, 2.45) is 5.92 Å². The Balaban J connectivity index is 1.80. The number of carbonyl (C=O) groups is 3. The Morgan fingerprint density at radius 1 is 1.22 bits per heavy atom. The van der Waals surface area contributed by atoms with Crippen molar-refractivity contribution in [3.05, 3.63) is 35.9 Å². The fourth-order valence-electron chi connectivity index (χ4n) is 2.24. The minimum atomic E-state index is -0.893. The lowest BCUT2D eigenvalue weighted by Gasteiger charge is -2.24. The minimum absolute atomic E-state index is 0.000256. The van der Waals surface area contributed by atoms with Crippen LogP contribution in [0.2, 0.25) is 0 Å². The number of amides is 1. The van der Waals surface area contributed by atoms with Crippen LogP contribution in [0.3, 0.4) is 0 Å². The van der Waals surface area contributed by atoms with Crippen LogP contribution >= 0.6 is 11.8 Å². The van der Waals surface area contributed by atoms with E-state index in [0.29, 0.717) is 5.56 Å². The van der Waals surface area contributed by atoms with Crippen LogP contribution in [0.25, 0.3) is 0 Å². The molecule has 0 saturated heterocycles. The number of rotatable bonds is 9. The van der Waals surface area contributed by atoms with Gasteiger partial charge >= 0.3 is 5.97 Å². The summed E-state index contributed by atoms with van der Waals surface area (Å²) in [6.45, 7) is 1.85. The third-order valence-electron chi connectivity index (χ3n) is 3.75. The van der Waals surface area contributed by atoms with Gasteiger partial charge in [0, 0.05) is 18.2 Å². The van der Waals surface area contributed by atoms with Gasteiger partial charge in [-0.2, -0.15) is 0 Å². The smallest absolute Gasteiger partial charge is 0.308 e. The Morgan fingerprint density at radius 2 is 1.87 bits per heavy atom. The number of thioether (sulfide) groups is 1. The van der Waals surface area contributed by atoms with Crippen LogP contribution in [-0.4, -0.2) is 51.8 Å². The average Bonchev–Trinajstić information content (AvgIpc) is 3.37. The summed E-state index contributed by atoms with van der Waals surface area (Å²) in [4.78, 5) is 36.9. The normalized spacial score (nSPS) is 15.0. The van der Waals surface area contributed by atoms with Crippen molar-refractivity contribution in [2.75, 3.05) is 18.1 Å². The van der Waals surface area contributed by atoms with E-state index in [9.17, 15) is 14.4 Å². The Bertz CT molecular complexity index is 571. The zero-order chi connectivity index (χ0) is 16.8. The summed E-state index contributed by atoms with van der Waals surface area (Å²) in [5, 5.41) is 9.00. The van der Waals surface area contributed by atoms with Crippen LogP contribution in [0.1, 0.15) is 30.1 Å². The van der Waals surface area contributed by atoms with Gasteiger partial charge in [-0.1, -0.05) is 37.3 Å². The van der Waals surface area contributed by atoms with E-state index in [4.69, 9.17) is 5.11 Å². The molecule has 6 heteroatoms. The molecule has 2 rings (SSSR count). The lowest BCUT2D eigenvalue weighted by Crippen LogP contribution is -2.39. The molecule has 124 valence electrons. The minimum Gasteiger partial charge on any atom is -0.481 e. The molecule has 1 aromatic carbocycles. The third-order valence-corrected chi connectivity index (χ3v) is 4.67. The zero-order valence-electron chi connectivity index (χ0n) is 13.1. The molecule has 1 N–H and O–H groups in total. The second-order valence-corrected chi connectivity index (χ2v) is 6.78. The number of nitrogens with zero attached hydrogens (tertiary/aromatic N) is 1. The average molecular weight is 335 g/mol. The van der Waals surface area contributed by atoms with Crippen molar-refractivity contribution >= 4 is 29.4 Å². The van der Waals surface area contributed by atoms with Crippen molar-refractivity contribution in [1.29, 1.82) is 0 Å². The van der Waals surface area contributed by atoms with Crippen LogP contribution in [0.15, 0.2) is 30.3 Å². The van der Waals surface area contributed by atoms with E-state index in [0.717, 1.165) is 12.8 Å². The van der Waals surface area contributed by atoms with Gasteiger partial charge in [0.05, 0.1) is 17.4 Å². The topological polar surface area (TPSA) is 74.7 Å². The van der Waals surface area contributed by atoms with E-state index in [1.807, 2.05) is 18.2 Å². The fourth-order valence-corrected chi connectivity index (χ4v) is 3.03. The number of benzene rings is 1. The lowest BCUT2D eigenvalue weighted by molar-refractivity contribution is -0.142. The highest BCUT2D eigenvalue weighted by atomic mass is 32.2. The molecule has 1 atom stereocenters. The molecule has 1 unspecified atom stereocenters. The number of carboxylic acids is 1. The van der Waals surface area contributed by atoms with Crippen LogP contribution < -0.4 is 0 Å². The SMILES string of the molecule is CC(CN(C(=O)CSCC(=O)c1ccccc1)C1CC1)C(=O)O. The number of ketones is 1. The third kappa shape index (κ3) is 5.39. The largest absolute Gasteiger partial charge is 0.481 e. The van der Waals surface area contributed by atoms with Gasteiger partial charge in [0.15, 0.2) is 5.78 Å². The van der Waals surface area contributed by atoms with Crippen LogP contribution in [0.5, 0.6) is 0 Å². The van der Waals surface area contributed by atoms with Gasteiger partial charge in [-0.3, -0.25) is 14.4 Å². The van der Waals surface area contributed by atoms with Gasteiger partial charge in [-0.05, 0) is 12.8 Å². The maximum Gasteiger partial charge on any atom is 0.308 e. The quantitative estimate of drug-likeness (QED) is 0.701. The van der Waals surface area contributed by atoms with Crippen molar-refractivity contribution < 1.29 is 19.5 Å². The highest BCUT2D eigenvalue weighted by Gasteiger charge is 2.34. The molecule has 0 bridgehead atoms. The Hall–Kier alpha value is -1.82. The van der Waals surface area contributed by atoms with E-state index >= 15 is 0 Å². The van der Waals surface area contributed by atoms with Gasteiger partial charge in [0.2, 0.25) is 5.91 Å². The molecule has 1 aliphatic rings. The van der Waals surface area contributed by atoms with Crippen molar-refractivity contribution in [3.63, 3.8) is 0 Å². The molecule has 0 radical (unpaired) electrons. The van der Waals surface area contributed by atoms with Gasteiger partial charge < -0.3 is 10.0 Å². The standard InChI is InChI=1S/C17H21NO4S/c1-12(17(21)22)9-18(14-7-8-14)16(20)11-23-10-15(19)13-5-3-2-4-6-13/h2-6,12,14H,7-11H2,1H3,(H,21,22). The summed E-state index contributed by atoms with van der Waals surface area (Å²) in [5.41, 5.74) is 0.644. The fraction of sp³-hybridized carbons (Fsp3) is 0.471. The number of hydrogen-bond donors (Lipinski definition) is 1. The summed E-state index contributed by atoms with van der Waals surface area (Å²) in [7, 11) is 0.